The van der Waals surface area contributed by atoms with Crippen LogP contribution >= 0.6 is 15.9 Å². The van der Waals surface area contributed by atoms with E-state index in [2.05, 4.69) is 30.6 Å². The van der Waals surface area contributed by atoms with Gasteiger partial charge in [-0.25, -0.2) is 26.8 Å². The fraction of sp³-hybridized carbons (Fsp3) is 0.556. The first kappa shape index (κ1) is 14.7. The van der Waals surface area contributed by atoms with Crippen molar-refractivity contribution in [2.75, 3.05) is 16.2 Å². The van der Waals surface area contributed by atoms with E-state index < -0.39 is 25.1 Å². The third kappa shape index (κ3) is 3.86. The molecule has 1 saturated heterocycles. The number of nitrogens with one attached hydrogen (secondary N) is 1. The molecule has 0 saturated carbocycles. The lowest BCUT2D eigenvalue weighted by molar-refractivity contribution is 0.555. The van der Waals surface area contributed by atoms with Crippen molar-refractivity contribution in [3.8, 4) is 0 Å². The number of sulfonamides is 1. The number of nitrogens with zero attached hydrogens (tertiary/aromatic N) is 2. The van der Waals surface area contributed by atoms with Gasteiger partial charge in [0.2, 0.25) is 10.0 Å². The number of aromatic nitrogens is 2. The van der Waals surface area contributed by atoms with Gasteiger partial charge >= 0.3 is 0 Å². The van der Waals surface area contributed by atoms with Crippen molar-refractivity contribution in [1.82, 2.24) is 9.97 Å². The number of anilines is 1. The Balaban J connectivity index is 2.09. The van der Waals surface area contributed by atoms with E-state index in [4.69, 9.17) is 0 Å². The van der Waals surface area contributed by atoms with Gasteiger partial charge in [-0.3, -0.25) is 4.72 Å². The number of hydrogen-bond donors (Lipinski definition) is 1. The second-order valence-electron chi connectivity index (χ2n) is 4.22. The Hall–Kier alpha value is -0.740. The fourth-order valence-corrected chi connectivity index (χ4v) is 5.19. The SMILES string of the molecule is O=S1(=O)CCC(S(=O)(=O)Nc2cnc(Br)cn2)CC1. The molecule has 2 heterocycles. The Bertz CT molecular complexity index is 643. The highest BCUT2D eigenvalue weighted by Gasteiger charge is 2.32. The van der Waals surface area contributed by atoms with Crippen molar-refractivity contribution in [2.24, 2.45) is 0 Å². The van der Waals surface area contributed by atoms with Crippen LogP contribution in [0.4, 0.5) is 5.82 Å². The second-order valence-corrected chi connectivity index (χ2v) is 9.30. The summed E-state index contributed by atoms with van der Waals surface area (Å²) in [7, 11) is -6.71. The van der Waals surface area contributed by atoms with Crippen LogP contribution in [0.2, 0.25) is 0 Å². The maximum absolute atomic E-state index is 12.1. The van der Waals surface area contributed by atoms with Gasteiger partial charge in [-0.2, -0.15) is 0 Å². The second kappa shape index (κ2) is 5.33. The fourth-order valence-electron chi connectivity index (χ4n) is 1.77. The number of sulfone groups is 1. The molecule has 1 aromatic rings. The first-order valence-electron chi connectivity index (χ1n) is 5.48. The molecule has 0 aliphatic carbocycles. The standard InChI is InChI=1S/C9H12BrN3O4S2/c10-8-5-12-9(6-11-8)13-19(16,17)7-1-3-18(14,15)4-2-7/h5-7H,1-4H2,(H,12,13). The van der Waals surface area contributed by atoms with E-state index in [-0.39, 0.29) is 30.2 Å². The van der Waals surface area contributed by atoms with Gasteiger partial charge in [0.25, 0.3) is 0 Å². The van der Waals surface area contributed by atoms with Gasteiger partial charge in [0.1, 0.15) is 14.4 Å². The molecule has 19 heavy (non-hydrogen) atoms. The topological polar surface area (TPSA) is 106 Å². The summed E-state index contributed by atoms with van der Waals surface area (Å²) < 4.78 is 49.5. The predicted octanol–water partition coefficient (Wildman–Crippen LogP) is 0.558. The van der Waals surface area contributed by atoms with Crippen LogP contribution in [0.5, 0.6) is 0 Å². The minimum atomic E-state index is -3.63. The summed E-state index contributed by atoms with van der Waals surface area (Å²) >= 11 is 3.10. The first-order valence-corrected chi connectivity index (χ1v) is 9.64. The molecule has 106 valence electrons. The minimum Gasteiger partial charge on any atom is -0.266 e. The van der Waals surface area contributed by atoms with Crippen LogP contribution in [-0.2, 0) is 19.9 Å². The molecule has 0 amide bonds. The summed E-state index contributed by atoms with van der Waals surface area (Å²) in [4.78, 5) is 7.73. The number of halogens is 1. The van der Waals surface area contributed by atoms with Crippen LogP contribution in [0.1, 0.15) is 12.8 Å². The van der Waals surface area contributed by atoms with Crippen LogP contribution in [-0.4, -0.2) is 43.6 Å². The molecule has 2 rings (SSSR count). The molecule has 0 spiro atoms. The quantitative estimate of drug-likeness (QED) is 0.833. The summed E-state index contributed by atoms with van der Waals surface area (Å²) in [5.74, 6) is -0.0635. The average molecular weight is 370 g/mol. The monoisotopic (exact) mass is 369 g/mol. The van der Waals surface area contributed by atoms with Crippen molar-refractivity contribution in [2.45, 2.75) is 18.1 Å². The van der Waals surface area contributed by atoms with E-state index in [0.717, 1.165) is 0 Å². The molecule has 0 aromatic carbocycles. The van der Waals surface area contributed by atoms with Crippen molar-refractivity contribution in [3.63, 3.8) is 0 Å². The Kier molecular flexibility index (Phi) is 4.11. The number of hydrogen-bond acceptors (Lipinski definition) is 6. The van der Waals surface area contributed by atoms with Gasteiger partial charge in [0.05, 0.1) is 29.1 Å². The van der Waals surface area contributed by atoms with E-state index in [9.17, 15) is 16.8 Å². The zero-order valence-electron chi connectivity index (χ0n) is 9.78. The molecule has 1 N–H and O–H groups in total. The van der Waals surface area contributed by atoms with Crippen molar-refractivity contribution in [1.29, 1.82) is 0 Å². The Morgan fingerprint density at radius 1 is 1.21 bits per heavy atom. The normalized spacial score (nSPS) is 20.1. The Labute approximate surface area is 119 Å². The zero-order chi connectivity index (χ0) is 14.1. The molecule has 0 unspecified atom stereocenters. The lowest BCUT2D eigenvalue weighted by atomic mass is 10.2. The van der Waals surface area contributed by atoms with Crippen molar-refractivity contribution in [3.05, 3.63) is 17.0 Å². The minimum absolute atomic E-state index is 0.0927. The predicted molar refractivity (Wildman–Crippen MR) is 74.0 cm³/mol. The van der Waals surface area contributed by atoms with Gasteiger partial charge in [-0.05, 0) is 28.8 Å². The highest BCUT2D eigenvalue weighted by Crippen LogP contribution is 2.21. The van der Waals surface area contributed by atoms with E-state index in [1.807, 2.05) is 0 Å². The molecular weight excluding hydrogens is 358 g/mol. The van der Waals surface area contributed by atoms with E-state index in [0.29, 0.717) is 4.60 Å². The van der Waals surface area contributed by atoms with Gasteiger partial charge in [0, 0.05) is 0 Å². The molecule has 10 heteroatoms. The lowest BCUT2D eigenvalue weighted by Gasteiger charge is -2.22. The number of rotatable bonds is 3. The molecule has 0 radical (unpaired) electrons. The van der Waals surface area contributed by atoms with Crippen LogP contribution in [0, 0.1) is 0 Å². The average Bonchev–Trinajstić information content (AvgIpc) is 2.31. The molecule has 1 aromatic heterocycles. The highest BCUT2D eigenvalue weighted by molar-refractivity contribution is 9.10. The van der Waals surface area contributed by atoms with Crippen LogP contribution in [0.3, 0.4) is 0 Å². The summed E-state index contributed by atoms with van der Waals surface area (Å²) in [5, 5.41) is -0.707. The van der Waals surface area contributed by atoms with Crippen LogP contribution in [0.15, 0.2) is 17.0 Å². The van der Waals surface area contributed by atoms with Crippen molar-refractivity contribution >= 4 is 41.6 Å². The molecule has 0 bridgehead atoms. The third-order valence-electron chi connectivity index (χ3n) is 2.81. The zero-order valence-corrected chi connectivity index (χ0v) is 13.0. The summed E-state index contributed by atoms with van der Waals surface area (Å²) in [6.07, 6.45) is 2.90. The Morgan fingerprint density at radius 3 is 2.37 bits per heavy atom. The maximum atomic E-state index is 12.1. The van der Waals surface area contributed by atoms with Crippen LogP contribution < -0.4 is 4.72 Å². The Morgan fingerprint density at radius 2 is 1.84 bits per heavy atom. The molecular formula is C9H12BrN3O4S2. The molecule has 7 nitrogen and oxygen atoms in total. The van der Waals surface area contributed by atoms with Gasteiger partial charge in [0.15, 0.2) is 5.82 Å². The van der Waals surface area contributed by atoms with Gasteiger partial charge in [-0.15, -0.1) is 0 Å². The molecule has 1 fully saturated rings. The smallest absolute Gasteiger partial charge is 0.236 e. The molecule has 1 aliphatic rings. The third-order valence-corrected chi connectivity index (χ3v) is 6.78. The van der Waals surface area contributed by atoms with E-state index >= 15 is 0 Å². The highest BCUT2D eigenvalue weighted by atomic mass is 79.9. The van der Waals surface area contributed by atoms with Crippen LogP contribution in [0.25, 0.3) is 0 Å². The molecule has 0 atom stereocenters. The first-order chi connectivity index (χ1) is 8.78. The lowest BCUT2D eigenvalue weighted by Crippen LogP contribution is -2.36. The van der Waals surface area contributed by atoms with Gasteiger partial charge < -0.3 is 0 Å². The largest absolute Gasteiger partial charge is 0.266 e. The van der Waals surface area contributed by atoms with Gasteiger partial charge in [-0.1, -0.05) is 0 Å². The summed E-state index contributed by atoms with van der Waals surface area (Å²) in [6.45, 7) is 0. The maximum Gasteiger partial charge on any atom is 0.236 e. The van der Waals surface area contributed by atoms with E-state index in [1.54, 1.807) is 0 Å². The summed E-state index contributed by atoms with van der Waals surface area (Å²) in [6, 6.07) is 0. The van der Waals surface area contributed by atoms with E-state index in [1.165, 1.54) is 12.4 Å². The van der Waals surface area contributed by atoms with Crippen molar-refractivity contribution < 1.29 is 16.8 Å². The summed E-state index contributed by atoms with van der Waals surface area (Å²) in [5.41, 5.74) is 0. The molecule has 1 aliphatic heterocycles.